The topological polar surface area (TPSA) is 94.0 Å². The molecule has 0 fully saturated rings. The van der Waals surface area contributed by atoms with Gasteiger partial charge in [0.15, 0.2) is 0 Å². The highest BCUT2D eigenvalue weighted by Gasteiger charge is 2.08. The summed E-state index contributed by atoms with van der Waals surface area (Å²) in [6, 6.07) is 3.82. The van der Waals surface area contributed by atoms with Crippen molar-refractivity contribution in [2.24, 2.45) is 0 Å². The van der Waals surface area contributed by atoms with Crippen LogP contribution in [0.3, 0.4) is 0 Å². The maximum Gasteiger partial charge on any atom is 0.276 e. The maximum absolute atomic E-state index is 12.9. The second-order valence-electron chi connectivity index (χ2n) is 3.97. The number of benzene rings is 1. The van der Waals surface area contributed by atoms with Crippen molar-refractivity contribution in [3.05, 3.63) is 29.9 Å². The summed E-state index contributed by atoms with van der Waals surface area (Å²) in [4.78, 5) is 11.7. The number of nitrogens with one attached hydrogen (secondary N) is 1. The molecule has 2 aromatic rings. The summed E-state index contributed by atoms with van der Waals surface area (Å²) >= 11 is 1.29. The molecule has 1 aromatic heterocycles. The van der Waals surface area contributed by atoms with Crippen molar-refractivity contribution in [3.8, 4) is 0 Å². The number of aromatic nitrogens is 2. The van der Waals surface area contributed by atoms with Crippen LogP contribution in [0, 0.1) is 12.7 Å². The predicted octanol–water partition coefficient (Wildman–Crippen LogP) is 2.22. The summed E-state index contributed by atoms with van der Waals surface area (Å²) in [5.41, 5.74) is 6.19. The first-order valence-corrected chi connectivity index (χ1v) is 6.81. The zero-order valence-corrected chi connectivity index (χ0v) is 11.5. The van der Waals surface area contributed by atoms with E-state index in [1.54, 1.807) is 6.92 Å². The van der Waals surface area contributed by atoms with E-state index in [2.05, 4.69) is 15.5 Å². The normalized spacial score (nSPS) is 10.5. The van der Waals surface area contributed by atoms with Crippen LogP contribution in [0.15, 0.2) is 27.8 Å². The Morgan fingerprint density at radius 3 is 2.95 bits per heavy atom. The summed E-state index contributed by atoms with van der Waals surface area (Å²) in [5, 5.41) is 10.5. The number of hydrogen-bond donors (Lipinski definition) is 2. The molecule has 0 unspecified atom stereocenters. The molecule has 1 aromatic carbocycles. The second kappa shape index (κ2) is 6.38. The molecule has 0 spiro atoms. The van der Waals surface area contributed by atoms with E-state index in [0.29, 0.717) is 22.6 Å². The van der Waals surface area contributed by atoms with Crippen molar-refractivity contribution in [3.63, 3.8) is 0 Å². The van der Waals surface area contributed by atoms with Crippen molar-refractivity contribution in [1.29, 1.82) is 0 Å². The minimum absolute atomic E-state index is 0.193. The number of halogens is 1. The molecule has 1 amide bonds. The molecule has 0 aliphatic heterocycles. The third-order valence-electron chi connectivity index (χ3n) is 2.35. The quantitative estimate of drug-likeness (QED) is 0.649. The molecule has 0 aliphatic carbocycles. The van der Waals surface area contributed by atoms with Crippen LogP contribution < -0.4 is 11.1 Å². The first kappa shape index (κ1) is 14.3. The van der Waals surface area contributed by atoms with E-state index in [-0.39, 0.29) is 18.0 Å². The number of nitrogen functional groups attached to an aromatic ring is 1. The predicted molar refractivity (Wildman–Crippen MR) is 73.8 cm³/mol. The van der Waals surface area contributed by atoms with E-state index in [0.717, 1.165) is 6.07 Å². The van der Waals surface area contributed by atoms with Crippen molar-refractivity contribution >= 4 is 29.0 Å². The number of rotatable bonds is 5. The minimum Gasteiger partial charge on any atom is -0.416 e. The SMILES string of the molecule is Cc1nnc(SCCC(=O)Nc2ccc(F)cc2N)o1. The summed E-state index contributed by atoms with van der Waals surface area (Å²) in [6.07, 6.45) is 0.253. The number of nitrogens with two attached hydrogens (primary N) is 1. The Morgan fingerprint density at radius 2 is 2.30 bits per heavy atom. The molecule has 3 N–H and O–H groups in total. The van der Waals surface area contributed by atoms with Gasteiger partial charge in [-0.15, -0.1) is 10.2 Å². The summed E-state index contributed by atoms with van der Waals surface area (Å²) in [7, 11) is 0. The van der Waals surface area contributed by atoms with E-state index in [9.17, 15) is 9.18 Å². The van der Waals surface area contributed by atoms with Gasteiger partial charge in [-0.2, -0.15) is 0 Å². The van der Waals surface area contributed by atoms with E-state index in [1.165, 1.54) is 23.9 Å². The van der Waals surface area contributed by atoms with Gasteiger partial charge >= 0.3 is 0 Å². The number of nitrogens with zero attached hydrogens (tertiary/aromatic N) is 2. The summed E-state index contributed by atoms with van der Waals surface area (Å²) < 4.78 is 18.0. The Kier molecular flexibility index (Phi) is 4.57. The molecule has 20 heavy (non-hydrogen) atoms. The van der Waals surface area contributed by atoms with Crippen LogP contribution in [-0.4, -0.2) is 21.9 Å². The number of amides is 1. The highest BCUT2D eigenvalue weighted by Crippen LogP contribution is 2.20. The highest BCUT2D eigenvalue weighted by atomic mass is 32.2. The molecule has 0 saturated heterocycles. The van der Waals surface area contributed by atoms with Gasteiger partial charge in [-0.05, 0) is 18.2 Å². The van der Waals surface area contributed by atoms with Gasteiger partial charge in [-0.1, -0.05) is 11.8 Å². The average molecular weight is 296 g/mol. The van der Waals surface area contributed by atoms with Gasteiger partial charge in [0.1, 0.15) is 5.82 Å². The largest absolute Gasteiger partial charge is 0.416 e. The van der Waals surface area contributed by atoms with Gasteiger partial charge in [0.05, 0.1) is 11.4 Å². The van der Waals surface area contributed by atoms with E-state index in [1.807, 2.05) is 0 Å². The van der Waals surface area contributed by atoms with Crippen LogP contribution in [0.2, 0.25) is 0 Å². The number of carbonyl (C=O) groups is 1. The fourth-order valence-electron chi connectivity index (χ4n) is 1.43. The highest BCUT2D eigenvalue weighted by molar-refractivity contribution is 7.99. The van der Waals surface area contributed by atoms with Crippen molar-refractivity contribution in [1.82, 2.24) is 10.2 Å². The molecule has 1 heterocycles. The Balaban J connectivity index is 1.80. The van der Waals surface area contributed by atoms with E-state index >= 15 is 0 Å². The fraction of sp³-hybridized carbons (Fsp3) is 0.250. The number of thioether (sulfide) groups is 1. The summed E-state index contributed by atoms with van der Waals surface area (Å²) in [5.74, 6) is 0.320. The lowest BCUT2D eigenvalue weighted by Crippen LogP contribution is -2.13. The minimum atomic E-state index is -0.442. The standard InChI is InChI=1S/C12H13FN4O2S/c1-7-16-17-12(19-7)20-5-4-11(18)15-10-3-2-8(13)6-9(10)14/h2-3,6H,4-5,14H2,1H3,(H,15,18). The Morgan fingerprint density at radius 1 is 1.50 bits per heavy atom. The van der Waals surface area contributed by atoms with Gasteiger partial charge in [0.2, 0.25) is 11.8 Å². The lowest BCUT2D eigenvalue weighted by Gasteiger charge is -2.07. The zero-order valence-electron chi connectivity index (χ0n) is 10.7. The van der Waals surface area contributed by atoms with Gasteiger partial charge in [-0.3, -0.25) is 4.79 Å². The third kappa shape index (κ3) is 3.95. The van der Waals surface area contributed by atoms with Crippen molar-refractivity contribution < 1.29 is 13.6 Å². The van der Waals surface area contributed by atoms with Crippen LogP contribution in [0.4, 0.5) is 15.8 Å². The molecular weight excluding hydrogens is 283 g/mol. The molecule has 2 rings (SSSR count). The van der Waals surface area contributed by atoms with Gasteiger partial charge < -0.3 is 15.5 Å². The molecular formula is C12H13FN4O2S. The monoisotopic (exact) mass is 296 g/mol. The Bertz CT molecular complexity index is 617. The number of hydrogen-bond acceptors (Lipinski definition) is 6. The van der Waals surface area contributed by atoms with Gasteiger partial charge in [0, 0.05) is 19.1 Å². The van der Waals surface area contributed by atoms with Crippen LogP contribution in [0.5, 0.6) is 0 Å². The van der Waals surface area contributed by atoms with Crippen molar-refractivity contribution in [2.45, 2.75) is 18.6 Å². The molecule has 0 radical (unpaired) electrons. The van der Waals surface area contributed by atoms with Gasteiger partial charge in [0.25, 0.3) is 5.22 Å². The van der Waals surface area contributed by atoms with E-state index < -0.39 is 5.82 Å². The Labute approximate surface area is 118 Å². The lowest BCUT2D eigenvalue weighted by atomic mass is 10.2. The first-order valence-electron chi connectivity index (χ1n) is 5.82. The van der Waals surface area contributed by atoms with E-state index in [4.69, 9.17) is 10.2 Å². The molecule has 0 saturated carbocycles. The van der Waals surface area contributed by atoms with Crippen LogP contribution >= 0.6 is 11.8 Å². The maximum atomic E-state index is 12.9. The average Bonchev–Trinajstić information content (AvgIpc) is 2.79. The zero-order chi connectivity index (χ0) is 14.5. The van der Waals surface area contributed by atoms with Crippen LogP contribution in [0.1, 0.15) is 12.3 Å². The summed E-state index contributed by atoms with van der Waals surface area (Å²) in [6.45, 7) is 1.70. The van der Waals surface area contributed by atoms with Crippen molar-refractivity contribution in [2.75, 3.05) is 16.8 Å². The molecule has 0 atom stereocenters. The Hall–Kier alpha value is -2.09. The molecule has 0 aliphatic rings. The smallest absolute Gasteiger partial charge is 0.276 e. The number of anilines is 2. The third-order valence-corrected chi connectivity index (χ3v) is 3.17. The number of aryl methyl sites for hydroxylation is 1. The fourth-order valence-corrected chi connectivity index (χ4v) is 2.17. The van der Waals surface area contributed by atoms with Crippen LogP contribution in [0.25, 0.3) is 0 Å². The molecule has 6 nitrogen and oxygen atoms in total. The second-order valence-corrected chi connectivity index (χ2v) is 5.01. The van der Waals surface area contributed by atoms with Crippen LogP contribution in [-0.2, 0) is 4.79 Å². The first-order chi connectivity index (χ1) is 9.54. The van der Waals surface area contributed by atoms with Gasteiger partial charge in [-0.25, -0.2) is 4.39 Å². The number of carbonyl (C=O) groups excluding carboxylic acids is 1. The molecule has 0 bridgehead atoms. The lowest BCUT2D eigenvalue weighted by molar-refractivity contribution is -0.115. The molecule has 106 valence electrons. The molecule has 8 heteroatoms.